The van der Waals surface area contributed by atoms with E-state index in [1.165, 1.54) is 7.11 Å². The number of thiophene rings is 1. The van der Waals surface area contributed by atoms with Crippen molar-refractivity contribution < 1.29 is 23.9 Å². The molecule has 3 N–H and O–H groups in total. The van der Waals surface area contributed by atoms with E-state index in [4.69, 9.17) is 15.2 Å². The number of methoxy groups -OCH3 is 1. The molecule has 178 valence electrons. The van der Waals surface area contributed by atoms with Gasteiger partial charge in [-0.2, -0.15) is 0 Å². The van der Waals surface area contributed by atoms with Crippen molar-refractivity contribution in [3.63, 3.8) is 0 Å². The third-order valence-electron chi connectivity index (χ3n) is 4.56. The van der Waals surface area contributed by atoms with Crippen molar-refractivity contribution in [3.8, 4) is 5.75 Å². The Balaban J connectivity index is 1.70. The number of rotatable bonds is 11. The number of para-hydroxylation sites is 1. The van der Waals surface area contributed by atoms with E-state index < -0.39 is 17.8 Å². The molecule has 0 saturated carbocycles. The fourth-order valence-electron chi connectivity index (χ4n) is 2.99. The molecule has 0 aliphatic heterocycles. The van der Waals surface area contributed by atoms with Gasteiger partial charge < -0.3 is 20.5 Å². The van der Waals surface area contributed by atoms with Crippen LogP contribution in [0, 0.1) is 6.92 Å². The van der Waals surface area contributed by atoms with Crippen molar-refractivity contribution in [3.05, 3.63) is 64.8 Å². The van der Waals surface area contributed by atoms with Crippen LogP contribution >= 0.6 is 23.1 Å². The maximum Gasteiger partial charge on any atom is 0.341 e. The molecule has 0 saturated heterocycles. The Morgan fingerprint density at radius 2 is 2.00 bits per heavy atom. The average molecular weight is 502 g/mol. The summed E-state index contributed by atoms with van der Waals surface area (Å²) >= 11 is 2.09. The smallest absolute Gasteiger partial charge is 0.341 e. The number of ether oxygens (including phenoxy) is 2. The fraction of sp³-hybridized carbons (Fsp3) is 0.227. The summed E-state index contributed by atoms with van der Waals surface area (Å²) in [6.07, 6.45) is 1.70. The topological polar surface area (TPSA) is 138 Å². The summed E-state index contributed by atoms with van der Waals surface area (Å²) in [6.45, 7) is 5.97. The first kappa shape index (κ1) is 25.0. The quantitative estimate of drug-likeness (QED) is 0.232. The standard InChI is InChI=1S/C22H23N5O5S2/c1-4-10-27-15(11-32-14-8-6-5-7-9-14)25-26-22(27)33-12-16(28)24-20-17(21(30)31-3)13(2)18(34-20)19(23)29/h4-9H,1,10-12H2,2-3H3,(H2,23,29)(H,24,28). The number of carbonyl (C=O) groups is 3. The van der Waals surface area contributed by atoms with E-state index in [0.29, 0.717) is 28.8 Å². The molecule has 2 heterocycles. The number of carbonyl (C=O) groups excluding carboxylic acids is 3. The summed E-state index contributed by atoms with van der Waals surface area (Å²) in [5, 5.41) is 11.7. The van der Waals surface area contributed by atoms with Crippen LogP contribution in [0.3, 0.4) is 0 Å². The summed E-state index contributed by atoms with van der Waals surface area (Å²) in [5.74, 6) is -0.490. The normalized spacial score (nSPS) is 10.5. The van der Waals surface area contributed by atoms with Crippen LogP contribution in [-0.2, 0) is 22.7 Å². The Bertz CT molecular complexity index is 1210. The molecule has 2 aromatic heterocycles. The van der Waals surface area contributed by atoms with E-state index in [0.717, 1.165) is 23.1 Å². The van der Waals surface area contributed by atoms with Gasteiger partial charge in [0, 0.05) is 6.54 Å². The lowest BCUT2D eigenvalue weighted by molar-refractivity contribution is -0.113. The molecule has 0 radical (unpaired) electrons. The third-order valence-corrected chi connectivity index (χ3v) is 6.75. The molecular weight excluding hydrogens is 478 g/mol. The van der Waals surface area contributed by atoms with Crippen molar-refractivity contribution in [1.82, 2.24) is 14.8 Å². The predicted molar refractivity (Wildman–Crippen MR) is 129 cm³/mol. The highest BCUT2D eigenvalue weighted by molar-refractivity contribution is 7.99. The number of esters is 1. The van der Waals surface area contributed by atoms with E-state index in [9.17, 15) is 14.4 Å². The predicted octanol–water partition coefficient (Wildman–Crippen LogP) is 3.03. The van der Waals surface area contributed by atoms with Crippen LogP contribution in [0.15, 0.2) is 48.1 Å². The van der Waals surface area contributed by atoms with Crippen LogP contribution in [0.2, 0.25) is 0 Å². The first-order valence-electron chi connectivity index (χ1n) is 10.0. The highest BCUT2D eigenvalue weighted by Gasteiger charge is 2.25. The molecule has 0 fully saturated rings. The van der Waals surface area contributed by atoms with Gasteiger partial charge in [-0.15, -0.1) is 28.1 Å². The molecule has 0 unspecified atom stereocenters. The van der Waals surface area contributed by atoms with Gasteiger partial charge in [0.05, 0.1) is 23.3 Å². The van der Waals surface area contributed by atoms with Gasteiger partial charge in [0.25, 0.3) is 5.91 Å². The monoisotopic (exact) mass is 501 g/mol. The van der Waals surface area contributed by atoms with Gasteiger partial charge in [-0.1, -0.05) is 36.0 Å². The molecule has 34 heavy (non-hydrogen) atoms. The summed E-state index contributed by atoms with van der Waals surface area (Å²) in [5.41, 5.74) is 5.85. The van der Waals surface area contributed by atoms with Gasteiger partial charge in [-0.3, -0.25) is 14.2 Å². The zero-order valence-electron chi connectivity index (χ0n) is 18.6. The number of nitrogens with zero attached hydrogens (tertiary/aromatic N) is 3. The van der Waals surface area contributed by atoms with Crippen LogP contribution in [0.25, 0.3) is 0 Å². The molecule has 0 aliphatic carbocycles. The molecule has 0 aliphatic rings. The Kier molecular flexibility index (Phi) is 8.44. The van der Waals surface area contributed by atoms with Crippen LogP contribution < -0.4 is 15.8 Å². The van der Waals surface area contributed by atoms with Gasteiger partial charge in [0.1, 0.15) is 17.4 Å². The highest BCUT2D eigenvalue weighted by Crippen LogP contribution is 2.33. The van der Waals surface area contributed by atoms with E-state index in [1.807, 2.05) is 30.3 Å². The number of allylic oxidation sites excluding steroid dienone is 1. The van der Waals surface area contributed by atoms with Gasteiger partial charge in [0.15, 0.2) is 11.0 Å². The minimum atomic E-state index is -0.690. The van der Waals surface area contributed by atoms with Gasteiger partial charge >= 0.3 is 5.97 Å². The second-order valence-electron chi connectivity index (χ2n) is 6.85. The number of aromatic nitrogens is 3. The number of thioether (sulfide) groups is 1. The Hall–Kier alpha value is -3.64. The van der Waals surface area contributed by atoms with Crippen molar-refractivity contribution in [2.24, 2.45) is 5.73 Å². The van der Waals surface area contributed by atoms with Gasteiger partial charge in [0.2, 0.25) is 5.91 Å². The van der Waals surface area contributed by atoms with E-state index in [2.05, 4.69) is 22.1 Å². The molecule has 0 atom stereocenters. The minimum Gasteiger partial charge on any atom is -0.486 e. The van der Waals surface area contributed by atoms with E-state index in [1.54, 1.807) is 17.6 Å². The van der Waals surface area contributed by atoms with E-state index >= 15 is 0 Å². The molecule has 12 heteroatoms. The molecule has 2 amide bonds. The van der Waals surface area contributed by atoms with Gasteiger partial charge in [-0.25, -0.2) is 4.79 Å². The SMILES string of the molecule is C=CCn1c(COc2ccccc2)nnc1SCC(=O)Nc1sc(C(N)=O)c(C)c1C(=O)OC. The van der Waals surface area contributed by atoms with Crippen molar-refractivity contribution in [1.29, 1.82) is 0 Å². The molecular formula is C22H23N5O5S2. The molecule has 0 spiro atoms. The lowest BCUT2D eigenvalue weighted by Crippen LogP contribution is -2.16. The first-order chi connectivity index (χ1) is 16.3. The number of nitrogens with two attached hydrogens (primary N) is 1. The highest BCUT2D eigenvalue weighted by atomic mass is 32.2. The summed E-state index contributed by atoms with van der Waals surface area (Å²) in [4.78, 5) is 36.6. The largest absolute Gasteiger partial charge is 0.486 e. The zero-order chi connectivity index (χ0) is 24.7. The molecule has 3 aromatic rings. The van der Waals surface area contributed by atoms with Crippen molar-refractivity contribution in [2.45, 2.75) is 25.2 Å². The lowest BCUT2D eigenvalue weighted by Gasteiger charge is -2.09. The number of primary amides is 1. The molecule has 3 rings (SSSR count). The average Bonchev–Trinajstić information content (AvgIpc) is 3.36. The lowest BCUT2D eigenvalue weighted by atomic mass is 10.1. The minimum absolute atomic E-state index is 0.0156. The second-order valence-corrected chi connectivity index (χ2v) is 8.82. The van der Waals surface area contributed by atoms with E-state index in [-0.39, 0.29) is 27.8 Å². The van der Waals surface area contributed by atoms with Crippen LogP contribution in [0.5, 0.6) is 5.75 Å². The molecule has 1 aromatic carbocycles. The van der Waals surface area contributed by atoms with Crippen LogP contribution in [0.1, 0.15) is 31.4 Å². The van der Waals surface area contributed by atoms with Crippen molar-refractivity contribution in [2.75, 3.05) is 18.2 Å². The first-order valence-corrected chi connectivity index (χ1v) is 11.8. The number of hydrogen-bond donors (Lipinski definition) is 2. The maximum atomic E-state index is 12.6. The number of anilines is 1. The zero-order valence-corrected chi connectivity index (χ0v) is 20.2. The third kappa shape index (κ3) is 5.83. The number of hydrogen-bond acceptors (Lipinski definition) is 9. The van der Waals surface area contributed by atoms with Crippen LogP contribution in [-0.4, -0.2) is 45.4 Å². The second kappa shape index (κ2) is 11.5. The maximum absolute atomic E-state index is 12.6. The number of nitrogens with one attached hydrogen (secondary N) is 1. The number of amides is 2. The van der Waals surface area contributed by atoms with Gasteiger partial charge in [-0.05, 0) is 24.6 Å². The molecule has 10 nitrogen and oxygen atoms in total. The van der Waals surface area contributed by atoms with Crippen molar-refractivity contribution >= 4 is 45.9 Å². The molecule has 0 bridgehead atoms. The van der Waals surface area contributed by atoms with Crippen LogP contribution in [0.4, 0.5) is 5.00 Å². The Labute approximate surface area is 204 Å². The summed E-state index contributed by atoms with van der Waals surface area (Å²) in [6, 6.07) is 9.32. The fourth-order valence-corrected chi connectivity index (χ4v) is 4.82. The summed E-state index contributed by atoms with van der Waals surface area (Å²) in [7, 11) is 1.22. The Morgan fingerprint density at radius 3 is 2.65 bits per heavy atom. The number of benzene rings is 1. The Morgan fingerprint density at radius 1 is 1.26 bits per heavy atom. The summed E-state index contributed by atoms with van der Waals surface area (Å²) < 4.78 is 12.3.